The van der Waals surface area contributed by atoms with Gasteiger partial charge in [-0.3, -0.25) is 4.98 Å². The number of β-amino-alcohol motifs (C(OH)–C–C–N with tert-alkyl or cyclic N) is 1. The number of methoxy groups -OCH3 is 1. The summed E-state index contributed by atoms with van der Waals surface area (Å²) in [5.74, 6) is -0.111. The lowest BCUT2D eigenvalue weighted by atomic mass is 9.96. The summed E-state index contributed by atoms with van der Waals surface area (Å²) in [6.07, 6.45) is 1.43. The van der Waals surface area contributed by atoms with Crippen LogP contribution in [0, 0.1) is 18.6 Å². The van der Waals surface area contributed by atoms with Crippen molar-refractivity contribution in [1.82, 2.24) is 15.0 Å². The lowest BCUT2D eigenvalue weighted by Gasteiger charge is -2.37. The number of ether oxygens (including phenoxy) is 1. The van der Waals surface area contributed by atoms with Gasteiger partial charge >= 0.3 is 0 Å². The lowest BCUT2D eigenvalue weighted by molar-refractivity contribution is 0.132. The summed E-state index contributed by atoms with van der Waals surface area (Å²) in [6, 6.07) is 8.58. The monoisotopic (exact) mass is 465 g/mol. The zero-order chi connectivity index (χ0) is 24.0. The van der Waals surface area contributed by atoms with Crippen molar-refractivity contribution >= 4 is 16.7 Å². The molecule has 2 aromatic heterocycles. The second kappa shape index (κ2) is 8.66. The van der Waals surface area contributed by atoms with Gasteiger partial charge in [-0.1, -0.05) is 0 Å². The summed E-state index contributed by atoms with van der Waals surface area (Å²) >= 11 is 0. The maximum Gasteiger partial charge on any atom is 0.142 e. The summed E-state index contributed by atoms with van der Waals surface area (Å²) in [5, 5.41) is 10.5. The molecule has 9 heteroatoms. The second-order valence-electron chi connectivity index (χ2n) is 8.57. The maximum absolute atomic E-state index is 14.2. The van der Waals surface area contributed by atoms with Gasteiger partial charge in [-0.2, -0.15) is 0 Å². The number of piperidine rings is 1. The van der Waals surface area contributed by atoms with Crippen molar-refractivity contribution < 1.29 is 18.6 Å². The highest BCUT2D eigenvalue weighted by molar-refractivity contribution is 5.92. The summed E-state index contributed by atoms with van der Waals surface area (Å²) < 4.78 is 33.6. The number of nitrogens with zero attached hydrogens (tertiary/aromatic N) is 3. The van der Waals surface area contributed by atoms with Crippen molar-refractivity contribution in [3.63, 3.8) is 0 Å². The highest BCUT2D eigenvalue weighted by atomic mass is 19.1. The van der Waals surface area contributed by atoms with Gasteiger partial charge in [0.15, 0.2) is 0 Å². The number of nitrogens with one attached hydrogen (secondary N) is 1. The van der Waals surface area contributed by atoms with Crippen LogP contribution in [0.5, 0.6) is 5.75 Å². The van der Waals surface area contributed by atoms with Crippen molar-refractivity contribution in [3.8, 4) is 28.3 Å². The van der Waals surface area contributed by atoms with Crippen LogP contribution in [0.4, 0.5) is 14.5 Å². The normalized spacial score (nSPS) is 18.5. The van der Waals surface area contributed by atoms with Gasteiger partial charge in [0.25, 0.3) is 0 Å². The Kier molecular flexibility index (Phi) is 5.66. The van der Waals surface area contributed by atoms with Gasteiger partial charge in [-0.15, -0.1) is 0 Å². The number of aromatic amines is 1. The molecule has 0 amide bonds. The van der Waals surface area contributed by atoms with Crippen molar-refractivity contribution in [2.45, 2.75) is 25.5 Å². The smallest absolute Gasteiger partial charge is 0.142 e. The summed E-state index contributed by atoms with van der Waals surface area (Å²) in [4.78, 5) is 14.6. The molecule has 176 valence electrons. The van der Waals surface area contributed by atoms with E-state index in [1.54, 1.807) is 13.3 Å². The van der Waals surface area contributed by atoms with E-state index in [9.17, 15) is 13.9 Å². The Bertz CT molecular complexity index is 1350. The molecule has 0 radical (unpaired) electrons. The van der Waals surface area contributed by atoms with Crippen LogP contribution in [0.3, 0.4) is 0 Å². The van der Waals surface area contributed by atoms with Gasteiger partial charge in [0.2, 0.25) is 0 Å². The minimum Gasteiger partial charge on any atom is -0.497 e. The number of aliphatic hydroxyl groups is 1. The maximum atomic E-state index is 14.2. The predicted octanol–water partition coefficient (Wildman–Crippen LogP) is 3.79. The van der Waals surface area contributed by atoms with E-state index in [1.165, 1.54) is 12.1 Å². The Labute approximate surface area is 195 Å². The first-order chi connectivity index (χ1) is 16.3. The number of anilines is 1. The highest BCUT2D eigenvalue weighted by Gasteiger charge is 2.30. The Morgan fingerprint density at radius 1 is 1.18 bits per heavy atom. The fraction of sp³-hybridized carbons (Fsp3) is 0.280. The molecule has 5 rings (SSSR count). The molecule has 2 aromatic carbocycles. The van der Waals surface area contributed by atoms with E-state index in [4.69, 9.17) is 15.5 Å². The van der Waals surface area contributed by atoms with Crippen LogP contribution < -0.4 is 15.4 Å². The minimum atomic E-state index is -0.743. The molecule has 0 unspecified atom stereocenters. The number of H-pyrrole nitrogens is 1. The van der Waals surface area contributed by atoms with Gasteiger partial charge < -0.3 is 25.5 Å². The number of nitrogens with two attached hydrogens (primary N) is 1. The molecule has 7 nitrogen and oxygen atoms in total. The first-order valence-electron chi connectivity index (χ1n) is 11.0. The zero-order valence-corrected chi connectivity index (χ0v) is 18.8. The summed E-state index contributed by atoms with van der Waals surface area (Å²) in [7, 11) is 1.60. The Morgan fingerprint density at radius 2 is 1.94 bits per heavy atom. The number of imidazole rings is 1. The molecule has 2 atom stereocenters. The van der Waals surface area contributed by atoms with Crippen molar-refractivity contribution in [2.24, 2.45) is 5.73 Å². The largest absolute Gasteiger partial charge is 0.497 e. The quantitative estimate of drug-likeness (QED) is 0.424. The van der Waals surface area contributed by atoms with E-state index in [0.717, 1.165) is 17.1 Å². The van der Waals surface area contributed by atoms with Gasteiger partial charge in [0.05, 0.1) is 41.2 Å². The van der Waals surface area contributed by atoms with Gasteiger partial charge in [0.1, 0.15) is 23.2 Å². The van der Waals surface area contributed by atoms with E-state index in [2.05, 4.69) is 9.97 Å². The van der Waals surface area contributed by atoms with E-state index in [1.807, 2.05) is 30.0 Å². The van der Waals surface area contributed by atoms with Crippen molar-refractivity contribution in [3.05, 3.63) is 59.9 Å². The molecule has 1 aliphatic rings. The molecule has 1 aliphatic heterocycles. The number of aliphatic hydroxyl groups excluding tert-OH is 1. The van der Waals surface area contributed by atoms with Gasteiger partial charge in [-0.05, 0) is 43.2 Å². The highest BCUT2D eigenvalue weighted by Crippen LogP contribution is 2.42. The van der Waals surface area contributed by atoms with Crippen LogP contribution in [0.25, 0.3) is 33.5 Å². The summed E-state index contributed by atoms with van der Waals surface area (Å²) in [6.45, 7) is 2.69. The van der Waals surface area contributed by atoms with Crippen LogP contribution in [-0.2, 0) is 0 Å². The van der Waals surface area contributed by atoms with Crippen LogP contribution in [0.1, 0.15) is 12.1 Å². The second-order valence-corrected chi connectivity index (χ2v) is 8.57. The Hall–Kier alpha value is -3.56. The van der Waals surface area contributed by atoms with Gasteiger partial charge in [0, 0.05) is 43.0 Å². The van der Waals surface area contributed by atoms with Crippen LogP contribution in [0.15, 0.2) is 42.6 Å². The average molecular weight is 466 g/mol. The molecular weight excluding hydrogens is 440 g/mol. The van der Waals surface area contributed by atoms with Crippen LogP contribution in [0.2, 0.25) is 0 Å². The Morgan fingerprint density at radius 3 is 2.65 bits per heavy atom. The number of aromatic nitrogens is 3. The number of benzene rings is 2. The molecule has 1 saturated heterocycles. The molecule has 4 N–H and O–H groups in total. The fourth-order valence-corrected chi connectivity index (χ4v) is 4.51. The molecule has 1 fully saturated rings. The predicted molar refractivity (Wildman–Crippen MR) is 127 cm³/mol. The number of pyridine rings is 1. The van der Waals surface area contributed by atoms with E-state index in [0.29, 0.717) is 52.6 Å². The lowest BCUT2D eigenvalue weighted by Crippen LogP contribution is -2.51. The van der Waals surface area contributed by atoms with Crippen LogP contribution in [-0.4, -0.2) is 52.4 Å². The fourth-order valence-electron chi connectivity index (χ4n) is 4.51. The van der Waals surface area contributed by atoms with Crippen molar-refractivity contribution in [2.75, 3.05) is 25.1 Å². The number of hydrogen-bond donors (Lipinski definition) is 3. The molecule has 4 aromatic rings. The third kappa shape index (κ3) is 3.97. The standard InChI is InChI=1S/C25H25F2N5O2/c1-13-23(25-30-20-4-3-17(34-2)10-21(20)31-25)24(32-6-5-19(28)22(33)12-32)18(11-29-13)14-7-15(26)9-16(27)8-14/h3-4,7-11,19,22,33H,5-6,12,28H2,1-2H3,(H,30,31)/t19-,22+/m1/s1. The topological polar surface area (TPSA) is 100 Å². The number of hydrogen-bond acceptors (Lipinski definition) is 6. The number of halogens is 2. The molecule has 0 bridgehead atoms. The first kappa shape index (κ1) is 22.2. The van der Waals surface area contributed by atoms with Crippen molar-refractivity contribution in [1.29, 1.82) is 0 Å². The molecular formula is C25H25F2N5O2. The molecule has 34 heavy (non-hydrogen) atoms. The molecule has 0 aliphatic carbocycles. The van der Waals surface area contributed by atoms with E-state index < -0.39 is 17.7 Å². The summed E-state index contributed by atoms with van der Waals surface area (Å²) in [5.41, 5.74) is 10.5. The van der Waals surface area contributed by atoms with Crippen LogP contribution >= 0.6 is 0 Å². The third-order valence-electron chi connectivity index (χ3n) is 6.29. The van der Waals surface area contributed by atoms with E-state index >= 15 is 0 Å². The zero-order valence-electron chi connectivity index (χ0n) is 18.8. The minimum absolute atomic E-state index is 0.274. The average Bonchev–Trinajstić information content (AvgIpc) is 3.22. The number of aryl methyl sites for hydroxylation is 1. The Balaban J connectivity index is 1.75. The van der Waals surface area contributed by atoms with E-state index in [-0.39, 0.29) is 12.6 Å². The molecule has 0 saturated carbocycles. The number of fused-ring (bicyclic) bond motifs is 1. The number of rotatable bonds is 4. The first-order valence-corrected chi connectivity index (χ1v) is 11.0. The third-order valence-corrected chi connectivity index (χ3v) is 6.29. The molecule has 3 heterocycles. The molecule has 0 spiro atoms. The SMILES string of the molecule is COc1ccc2nc(-c3c(C)ncc(-c4cc(F)cc(F)c4)c3N3CC[C@@H](N)[C@@H](O)C3)[nH]c2c1. The van der Waals surface area contributed by atoms with Gasteiger partial charge in [-0.25, -0.2) is 13.8 Å².